The number of hydrogen-bond donors (Lipinski definition) is 1. The van der Waals surface area contributed by atoms with E-state index in [1.807, 2.05) is 31.2 Å². The number of carbonyl (C=O) groups is 2. The summed E-state index contributed by atoms with van der Waals surface area (Å²) in [4.78, 5) is 27.6. The number of benzene rings is 2. The fourth-order valence-electron chi connectivity index (χ4n) is 3.76. The van der Waals surface area contributed by atoms with Crippen LogP contribution in [0.5, 0.6) is 5.75 Å². The number of nitrogens with zero attached hydrogens (tertiary/aromatic N) is 1. The summed E-state index contributed by atoms with van der Waals surface area (Å²) in [5, 5.41) is 3.91. The third-order valence-corrected chi connectivity index (χ3v) is 6.25. The van der Waals surface area contributed by atoms with Crippen LogP contribution in [0, 0.1) is 6.92 Å². The van der Waals surface area contributed by atoms with Gasteiger partial charge in [0.05, 0.1) is 5.02 Å². The van der Waals surface area contributed by atoms with E-state index in [0.717, 1.165) is 36.8 Å². The fraction of sp³-hybridized carbons (Fsp3) is 0.417. The average molecular weight is 463 g/mol. The highest BCUT2D eigenvalue weighted by Gasteiger charge is 2.29. The van der Waals surface area contributed by atoms with E-state index in [4.69, 9.17) is 27.9 Å². The molecular weight excluding hydrogens is 435 g/mol. The molecule has 1 aliphatic rings. The standard InChI is InChI=1S/C24H28Cl2N2O3/c1-16-7-3-4-8-18(16)14-28(17(2)24(30)27-20-9-5-6-10-20)23(29)15-31-22-12-11-19(25)13-21(22)26/h3-4,7-8,11-13,17,20H,5-6,9-10,14-15H2,1-2H3,(H,27,30)/t17-/m1/s1. The van der Waals surface area contributed by atoms with Crippen LogP contribution in [0.15, 0.2) is 42.5 Å². The Morgan fingerprint density at radius 2 is 1.87 bits per heavy atom. The second-order valence-corrected chi connectivity index (χ2v) is 8.82. The first-order valence-electron chi connectivity index (χ1n) is 10.6. The van der Waals surface area contributed by atoms with Crippen LogP contribution in [0.3, 0.4) is 0 Å². The molecule has 2 aromatic carbocycles. The molecule has 166 valence electrons. The van der Waals surface area contributed by atoms with E-state index in [1.54, 1.807) is 30.0 Å². The second kappa shape index (κ2) is 10.9. The Kier molecular flexibility index (Phi) is 8.22. The Labute approximate surface area is 193 Å². The van der Waals surface area contributed by atoms with Gasteiger partial charge in [-0.15, -0.1) is 0 Å². The number of nitrogens with one attached hydrogen (secondary N) is 1. The van der Waals surface area contributed by atoms with Crippen LogP contribution in [0.25, 0.3) is 0 Å². The first-order valence-corrected chi connectivity index (χ1v) is 11.3. The summed E-state index contributed by atoms with van der Waals surface area (Å²) >= 11 is 12.1. The van der Waals surface area contributed by atoms with Crippen molar-refractivity contribution in [3.63, 3.8) is 0 Å². The summed E-state index contributed by atoms with van der Waals surface area (Å²) in [6.45, 7) is 3.84. The minimum Gasteiger partial charge on any atom is -0.482 e. The Balaban J connectivity index is 1.74. The molecule has 0 radical (unpaired) electrons. The molecule has 31 heavy (non-hydrogen) atoms. The maximum Gasteiger partial charge on any atom is 0.261 e. The average Bonchev–Trinajstić information content (AvgIpc) is 3.25. The van der Waals surface area contributed by atoms with Crippen molar-refractivity contribution in [3.05, 3.63) is 63.6 Å². The molecule has 7 heteroatoms. The van der Waals surface area contributed by atoms with E-state index in [9.17, 15) is 9.59 Å². The molecule has 1 N–H and O–H groups in total. The highest BCUT2D eigenvalue weighted by molar-refractivity contribution is 6.35. The Morgan fingerprint density at radius 1 is 1.16 bits per heavy atom. The van der Waals surface area contributed by atoms with Crippen LogP contribution >= 0.6 is 23.2 Å². The number of amides is 2. The van der Waals surface area contributed by atoms with Gasteiger partial charge < -0.3 is 15.0 Å². The Morgan fingerprint density at radius 3 is 2.55 bits per heavy atom. The third-order valence-electron chi connectivity index (χ3n) is 5.72. The van der Waals surface area contributed by atoms with E-state index in [-0.39, 0.29) is 24.5 Å². The van der Waals surface area contributed by atoms with E-state index in [1.165, 1.54) is 0 Å². The summed E-state index contributed by atoms with van der Waals surface area (Å²) in [6.07, 6.45) is 4.23. The molecule has 1 saturated carbocycles. The van der Waals surface area contributed by atoms with Gasteiger partial charge in [-0.25, -0.2) is 0 Å². The monoisotopic (exact) mass is 462 g/mol. The van der Waals surface area contributed by atoms with Crippen LogP contribution in [-0.2, 0) is 16.1 Å². The van der Waals surface area contributed by atoms with E-state index in [2.05, 4.69) is 5.32 Å². The zero-order chi connectivity index (χ0) is 22.4. The van der Waals surface area contributed by atoms with Crippen molar-refractivity contribution in [3.8, 4) is 5.75 Å². The molecule has 2 aromatic rings. The lowest BCUT2D eigenvalue weighted by Gasteiger charge is -2.30. The number of ether oxygens (including phenoxy) is 1. The van der Waals surface area contributed by atoms with E-state index >= 15 is 0 Å². The number of carbonyl (C=O) groups excluding carboxylic acids is 2. The molecule has 1 atom stereocenters. The zero-order valence-corrected chi connectivity index (χ0v) is 19.4. The molecule has 0 saturated heterocycles. The molecule has 0 unspecified atom stereocenters. The van der Waals surface area contributed by atoms with Crippen molar-refractivity contribution >= 4 is 35.0 Å². The predicted molar refractivity (Wildman–Crippen MR) is 124 cm³/mol. The van der Waals surface area contributed by atoms with Gasteiger partial charge in [0.15, 0.2) is 6.61 Å². The smallest absolute Gasteiger partial charge is 0.261 e. The number of halogens is 2. The molecule has 1 fully saturated rings. The van der Waals surface area contributed by atoms with Gasteiger partial charge in [0, 0.05) is 17.6 Å². The van der Waals surface area contributed by atoms with Crippen LogP contribution in [-0.4, -0.2) is 35.4 Å². The van der Waals surface area contributed by atoms with Crippen molar-refractivity contribution in [2.45, 2.75) is 58.2 Å². The minimum absolute atomic E-state index is 0.140. The van der Waals surface area contributed by atoms with Crippen molar-refractivity contribution in [1.29, 1.82) is 0 Å². The van der Waals surface area contributed by atoms with Gasteiger partial charge >= 0.3 is 0 Å². The molecular formula is C24H28Cl2N2O3. The molecule has 0 aliphatic heterocycles. The molecule has 0 spiro atoms. The lowest BCUT2D eigenvalue weighted by Crippen LogP contribution is -2.50. The van der Waals surface area contributed by atoms with Crippen LogP contribution < -0.4 is 10.1 Å². The van der Waals surface area contributed by atoms with Gasteiger partial charge in [-0.3, -0.25) is 9.59 Å². The molecule has 3 rings (SSSR count). The summed E-state index contributed by atoms with van der Waals surface area (Å²) in [6, 6.07) is 12.2. The normalized spacial score (nSPS) is 14.8. The topological polar surface area (TPSA) is 58.6 Å². The van der Waals surface area contributed by atoms with E-state index < -0.39 is 6.04 Å². The summed E-state index contributed by atoms with van der Waals surface area (Å²) < 4.78 is 5.65. The minimum atomic E-state index is -0.628. The van der Waals surface area contributed by atoms with E-state index in [0.29, 0.717) is 22.3 Å². The Hall–Kier alpha value is -2.24. The highest BCUT2D eigenvalue weighted by atomic mass is 35.5. The molecule has 0 heterocycles. The van der Waals surface area contributed by atoms with Crippen molar-refractivity contribution in [2.75, 3.05) is 6.61 Å². The summed E-state index contributed by atoms with van der Waals surface area (Å²) in [5.74, 6) is -0.0555. The van der Waals surface area contributed by atoms with Crippen LogP contribution in [0.4, 0.5) is 0 Å². The van der Waals surface area contributed by atoms with Gasteiger partial charge in [-0.05, 0) is 56.0 Å². The zero-order valence-electron chi connectivity index (χ0n) is 17.9. The quantitative estimate of drug-likeness (QED) is 0.589. The second-order valence-electron chi connectivity index (χ2n) is 7.98. The van der Waals surface area contributed by atoms with Gasteiger partial charge in [0.25, 0.3) is 5.91 Å². The Bertz CT molecular complexity index is 929. The SMILES string of the molecule is Cc1ccccc1CN(C(=O)COc1ccc(Cl)cc1Cl)[C@H](C)C(=O)NC1CCCC1. The highest BCUT2D eigenvalue weighted by Crippen LogP contribution is 2.27. The first-order chi connectivity index (χ1) is 14.8. The largest absolute Gasteiger partial charge is 0.482 e. The summed E-state index contributed by atoms with van der Waals surface area (Å²) in [5.41, 5.74) is 2.05. The molecule has 1 aliphatic carbocycles. The van der Waals surface area contributed by atoms with Gasteiger partial charge in [0.2, 0.25) is 5.91 Å². The molecule has 0 bridgehead atoms. The molecule has 0 aromatic heterocycles. The van der Waals surface area contributed by atoms with Crippen LogP contribution in [0.1, 0.15) is 43.7 Å². The lowest BCUT2D eigenvalue weighted by molar-refractivity contribution is -0.142. The van der Waals surface area contributed by atoms with Crippen molar-refractivity contribution in [1.82, 2.24) is 10.2 Å². The van der Waals surface area contributed by atoms with Gasteiger partial charge in [0.1, 0.15) is 11.8 Å². The first kappa shape index (κ1) is 23.4. The molecule has 5 nitrogen and oxygen atoms in total. The number of aryl methyl sites for hydroxylation is 1. The molecule has 2 amide bonds. The lowest BCUT2D eigenvalue weighted by atomic mass is 10.1. The maximum atomic E-state index is 13.1. The van der Waals surface area contributed by atoms with Crippen LogP contribution in [0.2, 0.25) is 10.0 Å². The number of hydrogen-bond acceptors (Lipinski definition) is 3. The van der Waals surface area contributed by atoms with Crippen molar-refractivity contribution in [2.24, 2.45) is 0 Å². The van der Waals surface area contributed by atoms with Gasteiger partial charge in [-0.2, -0.15) is 0 Å². The van der Waals surface area contributed by atoms with Gasteiger partial charge in [-0.1, -0.05) is 60.3 Å². The third kappa shape index (κ3) is 6.37. The summed E-state index contributed by atoms with van der Waals surface area (Å²) in [7, 11) is 0. The van der Waals surface area contributed by atoms with Crippen molar-refractivity contribution < 1.29 is 14.3 Å². The maximum absolute atomic E-state index is 13.1. The number of rotatable bonds is 8. The predicted octanol–water partition coefficient (Wildman–Crippen LogP) is 5.16. The fourth-order valence-corrected chi connectivity index (χ4v) is 4.22.